The number of amides is 1. The van der Waals surface area contributed by atoms with E-state index in [0.717, 1.165) is 37.1 Å². The molecule has 0 saturated carbocycles. The molecule has 130 valence electrons. The number of fused-ring (bicyclic) bond motifs is 1. The van der Waals surface area contributed by atoms with Gasteiger partial charge in [0.15, 0.2) is 0 Å². The molecule has 1 atom stereocenters. The summed E-state index contributed by atoms with van der Waals surface area (Å²) in [5.74, 6) is 0.245. The zero-order chi connectivity index (χ0) is 17.4. The molecule has 0 aliphatic carbocycles. The van der Waals surface area contributed by atoms with Gasteiger partial charge in [-0.1, -0.05) is 18.2 Å². The second-order valence-electron chi connectivity index (χ2n) is 7.01. The average Bonchev–Trinajstić information content (AvgIpc) is 3.31. The lowest BCUT2D eigenvalue weighted by molar-refractivity contribution is -0.130. The molecule has 2 aromatic heterocycles. The summed E-state index contributed by atoms with van der Waals surface area (Å²) >= 11 is 0. The second kappa shape index (κ2) is 6.39. The van der Waals surface area contributed by atoms with E-state index < -0.39 is 0 Å². The third-order valence-corrected chi connectivity index (χ3v) is 5.19. The van der Waals surface area contributed by atoms with Crippen molar-refractivity contribution in [3.63, 3.8) is 0 Å². The highest BCUT2D eigenvalue weighted by atomic mass is 16.2. The molecule has 3 heterocycles. The standard InChI is InChI=1S/C20H24N4O/c1-14-11-15(2)24(22-14)17-9-10-23(13-17)20(25)8-7-16-12-21-19-6-4-3-5-18(16)19/h3-6,11-12,17,21H,7-10,13H2,1-2H3. The molecule has 5 heteroatoms. The number of rotatable bonds is 4. The Morgan fingerprint density at radius 1 is 1.32 bits per heavy atom. The number of carbonyl (C=O) groups excluding carboxylic acids is 1. The molecule has 1 aliphatic heterocycles. The number of hydrogen-bond donors (Lipinski definition) is 1. The lowest BCUT2D eigenvalue weighted by Crippen LogP contribution is -2.29. The highest BCUT2D eigenvalue weighted by molar-refractivity contribution is 5.84. The molecular formula is C20H24N4O. The fourth-order valence-electron chi connectivity index (χ4n) is 3.92. The van der Waals surface area contributed by atoms with Crippen molar-refractivity contribution < 1.29 is 4.79 Å². The summed E-state index contributed by atoms with van der Waals surface area (Å²) in [6.45, 7) is 5.70. The smallest absolute Gasteiger partial charge is 0.222 e. The summed E-state index contributed by atoms with van der Waals surface area (Å²) in [7, 11) is 0. The van der Waals surface area contributed by atoms with E-state index >= 15 is 0 Å². The number of nitrogens with one attached hydrogen (secondary N) is 1. The van der Waals surface area contributed by atoms with Crippen LogP contribution in [-0.4, -0.2) is 38.7 Å². The first-order chi connectivity index (χ1) is 12.1. The highest BCUT2D eigenvalue weighted by Gasteiger charge is 2.28. The molecule has 4 rings (SSSR count). The van der Waals surface area contributed by atoms with Crippen molar-refractivity contribution in [2.24, 2.45) is 0 Å². The number of para-hydroxylation sites is 1. The average molecular weight is 336 g/mol. The van der Waals surface area contributed by atoms with E-state index in [1.54, 1.807) is 0 Å². The van der Waals surface area contributed by atoms with Crippen LogP contribution in [0, 0.1) is 13.8 Å². The van der Waals surface area contributed by atoms with Gasteiger partial charge in [-0.3, -0.25) is 9.48 Å². The number of aromatic amines is 1. The topological polar surface area (TPSA) is 53.9 Å². The first-order valence-corrected chi connectivity index (χ1v) is 8.97. The van der Waals surface area contributed by atoms with Crippen LogP contribution in [0.3, 0.4) is 0 Å². The van der Waals surface area contributed by atoms with E-state index in [2.05, 4.69) is 39.9 Å². The van der Waals surface area contributed by atoms with Crippen LogP contribution < -0.4 is 0 Å². The Bertz CT molecular complexity index is 907. The van der Waals surface area contributed by atoms with Gasteiger partial charge in [0.2, 0.25) is 5.91 Å². The molecular weight excluding hydrogens is 312 g/mol. The molecule has 0 bridgehead atoms. The van der Waals surface area contributed by atoms with Gasteiger partial charge >= 0.3 is 0 Å². The largest absolute Gasteiger partial charge is 0.361 e. The van der Waals surface area contributed by atoms with Crippen LogP contribution in [0.2, 0.25) is 0 Å². The third kappa shape index (κ3) is 3.06. The molecule has 1 aromatic carbocycles. The van der Waals surface area contributed by atoms with Crippen molar-refractivity contribution in [1.82, 2.24) is 19.7 Å². The normalized spacial score (nSPS) is 17.5. The van der Waals surface area contributed by atoms with Gasteiger partial charge in [-0.25, -0.2) is 0 Å². The first-order valence-electron chi connectivity index (χ1n) is 8.97. The molecule has 3 aromatic rings. The van der Waals surface area contributed by atoms with Gasteiger partial charge in [-0.2, -0.15) is 5.10 Å². The van der Waals surface area contributed by atoms with E-state index in [4.69, 9.17) is 0 Å². The van der Waals surface area contributed by atoms with E-state index in [1.165, 1.54) is 16.6 Å². The van der Waals surface area contributed by atoms with Crippen LogP contribution in [0.15, 0.2) is 36.5 Å². The Hall–Kier alpha value is -2.56. The lowest BCUT2D eigenvalue weighted by atomic mass is 10.1. The number of carbonyl (C=O) groups is 1. The molecule has 25 heavy (non-hydrogen) atoms. The molecule has 5 nitrogen and oxygen atoms in total. The van der Waals surface area contributed by atoms with E-state index in [1.807, 2.05) is 30.2 Å². The lowest BCUT2D eigenvalue weighted by Gasteiger charge is -2.17. The number of benzene rings is 1. The monoisotopic (exact) mass is 336 g/mol. The Morgan fingerprint density at radius 3 is 2.96 bits per heavy atom. The predicted octanol–water partition coefficient (Wildman–Crippen LogP) is 3.39. The molecule has 1 N–H and O–H groups in total. The summed E-state index contributed by atoms with van der Waals surface area (Å²) in [5, 5.41) is 5.80. The summed E-state index contributed by atoms with van der Waals surface area (Å²) in [6, 6.07) is 10.7. The van der Waals surface area contributed by atoms with Crippen LogP contribution in [-0.2, 0) is 11.2 Å². The van der Waals surface area contributed by atoms with Gasteiger partial charge in [-0.15, -0.1) is 0 Å². The molecule has 1 amide bonds. The van der Waals surface area contributed by atoms with Gasteiger partial charge in [-0.05, 0) is 44.4 Å². The molecule has 0 spiro atoms. The zero-order valence-electron chi connectivity index (χ0n) is 14.8. The molecule has 1 fully saturated rings. The van der Waals surface area contributed by atoms with E-state index in [9.17, 15) is 4.79 Å². The molecule has 0 radical (unpaired) electrons. The van der Waals surface area contributed by atoms with Crippen LogP contribution in [0.4, 0.5) is 0 Å². The SMILES string of the molecule is Cc1cc(C)n(C2CCN(C(=O)CCc3c[nH]c4ccccc34)C2)n1. The summed E-state index contributed by atoms with van der Waals surface area (Å²) in [6.07, 6.45) is 4.36. The van der Waals surface area contributed by atoms with Crippen molar-refractivity contribution in [1.29, 1.82) is 0 Å². The number of aromatic nitrogens is 3. The van der Waals surface area contributed by atoms with Gasteiger partial charge in [0.1, 0.15) is 0 Å². The maximum absolute atomic E-state index is 12.6. The van der Waals surface area contributed by atoms with Crippen LogP contribution in [0.1, 0.15) is 35.8 Å². The van der Waals surface area contributed by atoms with Crippen molar-refractivity contribution in [2.45, 2.75) is 39.2 Å². The van der Waals surface area contributed by atoms with E-state index in [-0.39, 0.29) is 5.91 Å². The third-order valence-electron chi connectivity index (χ3n) is 5.19. The highest BCUT2D eigenvalue weighted by Crippen LogP contribution is 2.24. The van der Waals surface area contributed by atoms with Gasteiger partial charge in [0, 0.05) is 42.3 Å². The quantitative estimate of drug-likeness (QED) is 0.794. The number of aryl methyl sites for hydroxylation is 3. The van der Waals surface area contributed by atoms with Crippen molar-refractivity contribution in [2.75, 3.05) is 13.1 Å². The maximum atomic E-state index is 12.6. The minimum atomic E-state index is 0.245. The first kappa shape index (κ1) is 15.9. The van der Waals surface area contributed by atoms with Crippen molar-refractivity contribution in [3.05, 3.63) is 53.5 Å². The Balaban J connectivity index is 1.38. The van der Waals surface area contributed by atoms with Crippen molar-refractivity contribution >= 4 is 16.8 Å². The number of hydrogen-bond acceptors (Lipinski definition) is 2. The summed E-state index contributed by atoms with van der Waals surface area (Å²) < 4.78 is 2.09. The number of likely N-dealkylation sites (tertiary alicyclic amines) is 1. The summed E-state index contributed by atoms with van der Waals surface area (Å²) in [5.41, 5.74) is 4.58. The number of nitrogens with zero attached hydrogens (tertiary/aromatic N) is 3. The fraction of sp³-hybridized carbons (Fsp3) is 0.400. The number of H-pyrrole nitrogens is 1. The second-order valence-corrected chi connectivity index (χ2v) is 7.01. The fourth-order valence-corrected chi connectivity index (χ4v) is 3.92. The van der Waals surface area contributed by atoms with Crippen molar-refractivity contribution in [3.8, 4) is 0 Å². The van der Waals surface area contributed by atoms with Crippen LogP contribution in [0.5, 0.6) is 0 Å². The molecule has 1 aliphatic rings. The minimum absolute atomic E-state index is 0.245. The zero-order valence-corrected chi connectivity index (χ0v) is 14.8. The Labute approximate surface area is 147 Å². The van der Waals surface area contributed by atoms with Crippen LogP contribution in [0.25, 0.3) is 10.9 Å². The van der Waals surface area contributed by atoms with Gasteiger partial charge < -0.3 is 9.88 Å². The van der Waals surface area contributed by atoms with Gasteiger partial charge in [0.25, 0.3) is 0 Å². The minimum Gasteiger partial charge on any atom is -0.361 e. The Morgan fingerprint density at radius 2 is 2.16 bits per heavy atom. The molecule has 1 unspecified atom stereocenters. The maximum Gasteiger partial charge on any atom is 0.222 e. The van der Waals surface area contributed by atoms with E-state index in [0.29, 0.717) is 12.5 Å². The predicted molar refractivity (Wildman–Crippen MR) is 98.6 cm³/mol. The Kier molecular flexibility index (Phi) is 4.07. The molecule has 1 saturated heterocycles. The van der Waals surface area contributed by atoms with Crippen LogP contribution >= 0.6 is 0 Å². The van der Waals surface area contributed by atoms with Gasteiger partial charge in [0.05, 0.1) is 11.7 Å². The summed E-state index contributed by atoms with van der Waals surface area (Å²) in [4.78, 5) is 17.9.